The summed E-state index contributed by atoms with van der Waals surface area (Å²) in [5.41, 5.74) is 1.08. The van der Waals surface area contributed by atoms with Gasteiger partial charge in [-0.05, 0) is 30.0 Å². The molecule has 2 rings (SSSR count). The van der Waals surface area contributed by atoms with Crippen LogP contribution in [-0.4, -0.2) is 11.3 Å². The summed E-state index contributed by atoms with van der Waals surface area (Å²) in [6, 6.07) is 4.78. The molecule has 1 aromatic heterocycles. The molecular formula is C10H8F3NO. The molecule has 0 aliphatic heterocycles. The van der Waals surface area contributed by atoms with Gasteiger partial charge in [0.25, 0.3) is 0 Å². The van der Waals surface area contributed by atoms with Crippen molar-refractivity contribution in [2.45, 2.75) is 13.3 Å². The Bertz CT molecular complexity index is 487. The van der Waals surface area contributed by atoms with E-state index in [0.717, 1.165) is 5.39 Å². The quantitative estimate of drug-likeness (QED) is 0.775. The predicted molar refractivity (Wildman–Crippen MR) is 49.7 cm³/mol. The number of ether oxygens (including phenoxy) is 1. The van der Waals surface area contributed by atoms with Crippen LogP contribution in [0.1, 0.15) is 5.56 Å². The molecule has 0 aliphatic rings. The highest BCUT2D eigenvalue weighted by Crippen LogP contribution is 2.29. The molecule has 1 heterocycles. The van der Waals surface area contributed by atoms with Crippen LogP contribution in [-0.2, 0) is 0 Å². The molecule has 80 valence electrons. The number of aromatic amines is 1. The van der Waals surface area contributed by atoms with Crippen LogP contribution in [0.15, 0.2) is 24.4 Å². The summed E-state index contributed by atoms with van der Waals surface area (Å²) in [7, 11) is 0. The molecule has 0 spiro atoms. The number of benzene rings is 1. The number of H-pyrrole nitrogens is 1. The smallest absolute Gasteiger partial charge is 0.405 e. The summed E-state index contributed by atoms with van der Waals surface area (Å²) in [6.45, 7) is 1.58. The lowest BCUT2D eigenvalue weighted by Crippen LogP contribution is -2.17. The standard InChI is InChI=1S/C10H8F3NO/c1-6-4-7-2-3-14-8(7)5-9(6)15-10(11,12)13/h2-5,14H,1H3. The van der Waals surface area contributed by atoms with E-state index in [4.69, 9.17) is 0 Å². The molecule has 1 N–H and O–H groups in total. The monoisotopic (exact) mass is 215 g/mol. The number of fused-ring (bicyclic) bond motifs is 1. The lowest BCUT2D eigenvalue weighted by Gasteiger charge is -2.11. The number of nitrogens with one attached hydrogen (secondary N) is 1. The molecule has 0 unspecified atom stereocenters. The SMILES string of the molecule is Cc1cc2cc[nH]c2cc1OC(F)(F)F. The lowest BCUT2D eigenvalue weighted by atomic mass is 10.1. The van der Waals surface area contributed by atoms with Gasteiger partial charge in [-0.15, -0.1) is 13.2 Å². The van der Waals surface area contributed by atoms with E-state index in [0.29, 0.717) is 11.1 Å². The fraction of sp³-hybridized carbons (Fsp3) is 0.200. The number of halogens is 3. The maximum absolute atomic E-state index is 12.0. The van der Waals surface area contributed by atoms with Crippen LogP contribution in [0.4, 0.5) is 13.2 Å². The van der Waals surface area contributed by atoms with Crippen molar-refractivity contribution < 1.29 is 17.9 Å². The molecule has 0 atom stereocenters. The number of aryl methyl sites for hydroxylation is 1. The van der Waals surface area contributed by atoms with E-state index >= 15 is 0 Å². The Kier molecular flexibility index (Phi) is 2.10. The Balaban J connectivity index is 2.46. The van der Waals surface area contributed by atoms with E-state index in [9.17, 15) is 13.2 Å². The minimum absolute atomic E-state index is 0.169. The van der Waals surface area contributed by atoms with Crippen molar-refractivity contribution in [2.24, 2.45) is 0 Å². The predicted octanol–water partition coefficient (Wildman–Crippen LogP) is 3.37. The average molecular weight is 215 g/mol. The first-order valence-electron chi connectivity index (χ1n) is 4.29. The molecule has 1 aromatic carbocycles. The minimum atomic E-state index is -4.65. The maximum Gasteiger partial charge on any atom is 0.573 e. The zero-order valence-corrected chi connectivity index (χ0v) is 7.85. The van der Waals surface area contributed by atoms with E-state index in [1.54, 1.807) is 25.3 Å². The summed E-state index contributed by atoms with van der Waals surface area (Å²) in [5, 5.41) is 0.863. The van der Waals surface area contributed by atoms with Gasteiger partial charge in [0.05, 0.1) is 0 Å². The number of hydrogen-bond acceptors (Lipinski definition) is 1. The first kappa shape index (κ1) is 9.89. The summed E-state index contributed by atoms with van der Waals surface area (Å²) < 4.78 is 39.9. The summed E-state index contributed by atoms with van der Waals surface area (Å²) in [5.74, 6) is -0.169. The molecular weight excluding hydrogens is 207 g/mol. The Labute approximate surface area is 83.7 Å². The Morgan fingerprint density at radius 1 is 1.27 bits per heavy atom. The summed E-state index contributed by atoms with van der Waals surface area (Å²) in [4.78, 5) is 2.83. The van der Waals surface area contributed by atoms with Gasteiger partial charge in [-0.2, -0.15) is 0 Å². The minimum Gasteiger partial charge on any atom is -0.405 e. The van der Waals surface area contributed by atoms with Gasteiger partial charge in [0.1, 0.15) is 5.75 Å². The molecule has 5 heteroatoms. The van der Waals surface area contributed by atoms with Crippen LogP contribution in [0, 0.1) is 6.92 Å². The fourth-order valence-corrected chi connectivity index (χ4v) is 1.43. The molecule has 0 bridgehead atoms. The highest BCUT2D eigenvalue weighted by atomic mass is 19.4. The van der Waals surface area contributed by atoms with Crippen LogP contribution in [0.2, 0.25) is 0 Å². The first-order chi connectivity index (χ1) is 6.96. The van der Waals surface area contributed by atoms with Crippen LogP contribution < -0.4 is 4.74 Å². The van der Waals surface area contributed by atoms with Gasteiger partial charge in [0, 0.05) is 17.8 Å². The van der Waals surface area contributed by atoms with Crippen LogP contribution >= 0.6 is 0 Å². The van der Waals surface area contributed by atoms with Gasteiger partial charge in [-0.3, -0.25) is 0 Å². The van der Waals surface area contributed by atoms with E-state index < -0.39 is 6.36 Å². The molecule has 0 saturated heterocycles. The van der Waals surface area contributed by atoms with Crippen molar-refractivity contribution >= 4 is 10.9 Å². The van der Waals surface area contributed by atoms with E-state index in [1.165, 1.54) is 6.07 Å². The largest absolute Gasteiger partial charge is 0.573 e. The Morgan fingerprint density at radius 3 is 2.67 bits per heavy atom. The fourth-order valence-electron chi connectivity index (χ4n) is 1.43. The normalized spacial score (nSPS) is 12.0. The highest BCUT2D eigenvalue weighted by Gasteiger charge is 2.31. The average Bonchev–Trinajstić information content (AvgIpc) is 2.49. The molecule has 15 heavy (non-hydrogen) atoms. The summed E-state index contributed by atoms with van der Waals surface area (Å²) >= 11 is 0. The topological polar surface area (TPSA) is 25.0 Å². The van der Waals surface area contributed by atoms with Crippen molar-refractivity contribution in [3.05, 3.63) is 30.0 Å². The van der Waals surface area contributed by atoms with Gasteiger partial charge >= 0.3 is 6.36 Å². The van der Waals surface area contributed by atoms with Gasteiger partial charge in [-0.1, -0.05) is 0 Å². The molecule has 2 nitrogen and oxygen atoms in total. The second kappa shape index (κ2) is 3.18. The van der Waals surface area contributed by atoms with Crippen molar-refractivity contribution in [1.82, 2.24) is 4.98 Å². The Hall–Kier alpha value is -1.65. The third-order valence-electron chi connectivity index (χ3n) is 2.07. The van der Waals surface area contributed by atoms with Gasteiger partial charge in [-0.25, -0.2) is 0 Å². The first-order valence-corrected chi connectivity index (χ1v) is 4.29. The second-order valence-corrected chi connectivity index (χ2v) is 3.23. The molecule has 2 aromatic rings. The summed E-state index contributed by atoms with van der Waals surface area (Å²) in [6.07, 6.45) is -2.98. The zero-order chi connectivity index (χ0) is 11.1. The second-order valence-electron chi connectivity index (χ2n) is 3.23. The van der Waals surface area contributed by atoms with Crippen molar-refractivity contribution in [2.75, 3.05) is 0 Å². The van der Waals surface area contributed by atoms with Crippen LogP contribution in [0.5, 0.6) is 5.75 Å². The van der Waals surface area contributed by atoms with Crippen LogP contribution in [0.3, 0.4) is 0 Å². The third-order valence-corrected chi connectivity index (χ3v) is 2.07. The third kappa shape index (κ3) is 2.06. The lowest BCUT2D eigenvalue weighted by molar-refractivity contribution is -0.274. The van der Waals surface area contributed by atoms with Crippen molar-refractivity contribution in [1.29, 1.82) is 0 Å². The van der Waals surface area contributed by atoms with Crippen molar-refractivity contribution in [3.8, 4) is 5.75 Å². The molecule has 0 saturated carbocycles. The van der Waals surface area contributed by atoms with Crippen LogP contribution in [0.25, 0.3) is 10.9 Å². The molecule has 0 fully saturated rings. The number of alkyl halides is 3. The van der Waals surface area contributed by atoms with E-state index in [2.05, 4.69) is 9.72 Å². The van der Waals surface area contributed by atoms with Crippen molar-refractivity contribution in [3.63, 3.8) is 0 Å². The van der Waals surface area contributed by atoms with Gasteiger partial charge < -0.3 is 9.72 Å². The number of aromatic nitrogens is 1. The van der Waals surface area contributed by atoms with E-state index in [-0.39, 0.29) is 5.75 Å². The highest BCUT2D eigenvalue weighted by molar-refractivity contribution is 5.81. The molecule has 0 radical (unpaired) electrons. The van der Waals surface area contributed by atoms with E-state index in [1.807, 2.05) is 0 Å². The maximum atomic E-state index is 12.0. The number of hydrogen-bond donors (Lipinski definition) is 1. The van der Waals surface area contributed by atoms with Gasteiger partial charge in [0.2, 0.25) is 0 Å². The number of rotatable bonds is 1. The zero-order valence-electron chi connectivity index (χ0n) is 7.85. The Morgan fingerprint density at radius 2 is 2.00 bits per heavy atom. The molecule has 0 aliphatic carbocycles. The molecule has 0 amide bonds. The van der Waals surface area contributed by atoms with Gasteiger partial charge in [0.15, 0.2) is 0 Å².